The van der Waals surface area contributed by atoms with Crippen LogP contribution in [0.4, 0.5) is 0 Å². The molecule has 67 heavy (non-hydrogen) atoms. The lowest BCUT2D eigenvalue weighted by Gasteiger charge is -2.18. The molecule has 6 nitrogen and oxygen atoms in total. The Bertz CT molecular complexity index is 1530. The van der Waals surface area contributed by atoms with Crippen molar-refractivity contribution in [3.8, 4) is 0 Å². The smallest absolute Gasteiger partial charge is 0.306 e. The van der Waals surface area contributed by atoms with Crippen LogP contribution in [0.3, 0.4) is 0 Å². The van der Waals surface area contributed by atoms with Crippen molar-refractivity contribution < 1.29 is 28.6 Å². The van der Waals surface area contributed by atoms with Gasteiger partial charge in [0, 0.05) is 19.3 Å². The van der Waals surface area contributed by atoms with Crippen molar-refractivity contribution in [1.82, 2.24) is 0 Å². The Morgan fingerprint density at radius 1 is 0.313 bits per heavy atom. The van der Waals surface area contributed by atoms with E-state index in [1.165, 1.54) is 44.9 Å². The topological polar surface area (TPSA) is 78.9 Å². The van der Waals surface area contributed by atoms with E-state index in [0.717, 1.165) is 103 Å². The first kappa shape index (κ1) is 62.3. The second-order valence-electron chi connectivity index (χ2n) is 16.7. The molecule has 0 spiro atoms. The molecule has 0 heterocycles. The highest BCUT2D eigenvalue weighted by Gasteiger charge is 2.19. The van der Waals surface area contributed by atoms with Gasteiger partial charge in [0.1, 0.15) is 13.2 Å². The van der Waals surface area contributed by atoms with Crippen LogP contribution >= 0.6 is 0 Å². The number of esters is 3. The van der Waals surface area contributed by atoms with Gasteiger partial charge in [0.05, 0.1) is 0 Å². The summed E-state index contributed by atoms with van der Waals surface area (Å²) in [6, 6.07) is 0. The van der Waals surface area contributed by atoms with Crippen molar-refractivity contribution in [3.05, 3.63) is 146 Å². The van der Waals surface area contributed by atoms with E-state index in [1.807, 2.05) is 24.3 Å². The van der Waals surface area contributed by atoms with Gasteiger partial charge in [-0.1, -0.05) is 212 Å². The van der Waals surface area contributed by atoms with Gasteiger partial charge in [-0.05, 0) is 116 Å². The van der Waals surface area contributed by atoms with Crippen molar-refractivity contribution in [1.29, 1.82) is 0 Å². The third kappa shape index (κ3) is 52.1. The molecule has 374 valence electrons. The number of hydrogen-bond acceptors (Lipinski definition) is 6. The summed E-state index contributed by atoms with van der Waals surface area (Å²) >= 11 is 0. The van der Waals surface area contributed by atoms with Crippen LogP contribution in [0.25, 0.3) is 0 Å². The van der Waals surface area contributed by atoms with Crippen LogP contribution in [0.5, 0.6) is 0 Å². The summed E-state index contributed by atoms with van der Waals surface area (Å²) < 4.78 is 16.6. The minimum absolute atomic E-state index is 0.142. The van der Waals surface area contributed by atoms with Gasteiger partial charge < -0.3 is 14.2 Å². The highest BCUT2D eigenvalue weighted by molar-refractivity contribution is 5.71. The Kier molecular flexibility index (Phi) is 50.1. The molecule has 0 saturated carbocycles. The molecule has 6 heteroatoms. The first-order valence-electron chi connectivity index (χ1n) is 26.3. The number of hydrogen-bond donors (Lipinski definition) is 0. The Balaban J connectivity index is 4.64. The molecule has 0 amide bonds. The molecule has 0 N–H and O–H groups in total. The zero-order valence-corrected chi connectivity index (χ0v) is 42.6. The molecule has 0 aromatic carbocycles. The molecular weight excluding hydrogens is 829 g/mol. The molecule has 0 saturated heterocycles. The van der Waals surface area contributed by atoms with E-state index in [9.17, 15) is 14.4 Å². The van der Waals surface area contributed by atoms with Crippen molar-refractivity contribution in [3.63, 3.8) is 0 Å². The molecule has 0 rings (SSSR count). The predicted octanol–water partition coefficient (Wildman–Crippen LogP) is 17.6. The van der Waals surface area contributed by atoms with Gasteiger partial charge in [-0.2, -0.15) is 0 Å². The van der Waals surface area contributed by atoms with Crippen LogP contribution in [-0.4, -0.2) is 37.2 Å². The van der Waals surface area contributed by atoms with Crippen LogP contribution in [-0.2, 0) is 28.6 Å². The van der Waals surface area contributed by atoms with E-state index in [4.69, 9.17) is 14.2 Å². The second-order valence-corrected chi connectivity index (χ2v) is 16.7. The maximum absolute atomic E-state index is 12.8. The molecule has 0 aliphatic rings. The molecule has 0 bridgehead atoms. The quantitative estimate of drug-likeness (QED) is 0.0262. The van der Waals surface area contributed by atoms with E-state index in [0.29, 0.717) is 19.3 Å². The van der Waals surface area contributed by atoms with Crippen molar-refractivity contribution in [2.75, 3.05) is 13.2 Å². The zero-order valence-electron chi connectivity index (χ0n) is 42.6. The molecule has 0 radical (unpaired) electrons. The summed E-state index contributed by atoms with van der Waals surface area (Å²) in [7, 11) is 0. The summed E-state index contributed by atoms with van der Waals surface area (Å²) in [6.07, 6.45) is 77.1. The van der Waals surface area contributed by atoms with E-state index >= 15 is 0 Å². The first-order valence-corrected chi connectivity index (χ1v) is 26.3. The van der Waals surface area contributed by atoms with Crippen LogP contribution in [0.1, 0.15) is 201 Å². The van der Waals surface area contributed by atoms with Gasteiger partial charge in [0.25, 0.3) is 0 Å². The summed E-state index contributed by atoms with van der Waals surface area (Å²) in [5.41, 5.74) is 0. The Morgan fingerprint density at radius 2 is 0.627 bits per heavy atom. The van der Waals surface area contributed by atoms with E-state index in [-0.39, 0.29) is 38.0 Å². The van der Waals surface area contributed by atoms with Crippen LogP contribution in [0, 0.1) is 0 Å². The van der Waals surface area contributed by atoms with Gasteiger partial charge in [0.15, 0.2) is 6.10 Å². The predicted molar refractivity (Wildman–Crippen MR) is 288 cm³/mol. The zero-order chi connectivity index (χ0) is 48.6. The minimum Gasteiger partial charge on any atom is -0.462 e. The van der Waals surface area contributed by atoms with E-state index < -0.39 is 12.1 Å². The molecule has 0 aliphatic heterocycles. The van der Waals surface area contributed by atoms with E-state index in [2.05, 4.69) is 142 Å². The summed E-state index contributed by atoms with van der Waals surface area (Å²) in [4.78, 5) is 37.9. The average molecular weight is 923 g/mol. The van der Waals surface area contributed by atoms with Gasteiger partial charge in [-0.3, -0.25) is 14.4 Å². The molecular formula is C61H94O6. The molecule has 0 fully saturated rings. The molecule has 0 aliphatic carbocycles. The largest absolute Gasteiger partial charge is 0.462 e. The highest BCUT2D eigenvalue weighted by Crippen LogP contribution is 2.11. The standard InChI is InChI=1S/C61H94O6/c1-4-7-10-13-16-19-22-24-26-28-30-32-34-36-39-42-45-48-51-54-60(63)66-57-58(56-65-59(62)53-50-47-44-41-38-21-18-15-12-9-6-3)67-61(64)55-52-49-46-43-40-37-35-33-31-29-27-25-23-20-17-14-11-8-5-2/h7,10,15-20,24-27,30-33,36-37,39-40,45-46,48-49,58H,4-6,8-9,11-14,21-23,28-29,34-35,38,41-44,47,50-57H2,1-3H3/b10-7-,18-15-,19-16-,20-17-,26-24-,27-25-,32-30-,33-31-,39-36-,40-37-,48-45-,49-46-/t58-/m0/s1. The van der Waals surface area contributed by atoms with Crippen molar-refractivity contribution >= 4 is 17.9 Å². The molecule has 1 atom stereocenters. The van der Waals surface area contributed by atoms with Crippen LogP contribution in [0.15, 0.2) is 146 Å². The van der Waals surface area contributed by atoms with Gasteiger partial charge in [0.2, 0.25) is 0 Å². The number of rotatable bonds is 45. The Morgan fingerprint density at radius 3 is 1.06 bits per heavy atom. The molecule has 0 aromatic rings. The van der Waals surface area contributed by atoms with Gasteiger partial charge >= 0.3 is 17.9 Å². The maximum Gasteiger partial charge on any atom is 0.306 e. The fraction of sp³-hybridized carbons (Fsp3) is 0.557. The second kappa shape index (κ2) is 53.9. The third-order valence-corrected chi connectivity index (χ3v) is 10.3. The third-order valence-electron chi connectivity index (χ3n) is 10.3. The number of ether oxygens (including phenoxy) is 3. The lowest BCUT2D eigenvalue weighted by molar-refractivity contribution is -0.166. The maximum atomic E-state index is 12.8. The summed E-state index contributed by atoms with van der Waals surface area (Å²) in [6.45, 7) is 6.29. The lowest BCUT2D eigenvalue weighted by Crippen LogP contribution is -2.30. The monoisotopic (exact) mass is 923 g/mol. The first-order chi connectivity index (χ1) is 33.0. The van der Waals surface area contributed by atoms with Crippen LogP contribution in [0.2, 0.25) is 0 Å². The summed E-state index contributed by atoms with van der Waals surface area (Å²) in [5.74, 6) is -1.13. The number of carbonyl (C=O) groups is 3. The Hall–Kier alpha value is -4.71. The number of unbranched alkanes of at least 4 members (excludes halogenated alkanes) is 10. The number of carbonyl (C=O) groups excluding carboxylic acids is 3. The van der Waals surface area contributed by atoms with Crippen molar-refractivity contribution in [2.24, 2.45) is 0 Å². The fourth-order valence-electron chi connectivity index (χ4n) is 6.37. The number of allylic oxidation sites excluding steroid dienone is 24. The highest BCUT2D eigenvalue weighted by atomic mass is 16.6. The van der Waals surface area contributed by atoms with Gasteiger partial charge in [-0.15, -0.1) is 0 Å². The molecule has 0 aromatic heterocycles. The molecule has 0 unspecified atom stereocenters. The Labute approximate surface area is 410 Å². The van der Waals surface area contributed by atoms with Crippen molar-refractivity contribution in [2.45, 2.75) is 207 Å². The summed E-state index contributed by atoms with van der Waals surface area (Å²) in [5, 5.41) is 0. The average Bonchev–Trinajstić information content (AvgIpc) is 3.33. The normalized spacial score (nSPS) is 13.3. The van der Waals surface area contributed by atoms with Gasteiger partial charge in [-0.25, -0.2) is 0 Å². The SMILES string of the molecule is CC/C=C\C/C=C\C/C=C\C/C=C\C/C=C\C/C=C\CCC(=O)OC[C@H](COC(=O)CCCCCCC/C=C\CCCC)OC(=O)CC/C=C\C/C=C\C/C=C\C/C=C\C/C=C\CCCCC. The van der Waals surface area contributed by atoms with E-state index in [1.54, 1.807) is 0 Å². The lowest BCUT2D eigenvalue weighted by atomic mass is 10.1. The fourth-order valence-corrected chi connectivity index (χ4v) is 6.37. The minimum atomic E-state index is -0.857. The van der Waals surface area contributed by atoms with Crippen LogP contribution < -0.4 is 0 Å².